The summed E-state index contributed by atoms with van der Waals surface area (Å²) < 4.78 is 100. The second-order valence-electron chi connectivity index (χ2n) is 13.7. The number of rotatable bonds is 9. The van der Waals surface area contributed by atoms with Crippen LogP contribution in [0.1, 0.15) is 40.3 Å². The van der Waals surface area contributed by atoms with Gasteiger partial charge in [-0.05, 0) is 28.3 Å². The van der Waals surface area contributed by atoms with Gasteiger partial charge in [0.15, 0.2) is 5.60 Å². The molecule has 1 atom stereocenters. The zero-order chi connectivity index (χ0) is 40.8. The fraction of sp³-hybridized carbons (Fsp3) is 0.233. The number of nitrogens with zero attached hydrogens (tertiary/aromatic N) is 2. The topological polar surface area (TPSA) is 76.1 Å². The van der Waals surface area contributed by atoms with Crippen molar-refractivity contribution in [2.75, 3.05) is 20.2 Å². The molecule has 7 nitrogen and oxygen atoms in total. The number of carbonyl (C=O) groups is 3. The smallest absolute Gasteiger partial charge is 0.410 e. The van der Waals surface area contributed by atoms with Gasteiger partial charge < -0.3 is 14.4 Å². The van der Waals surface area contributed by atoms with Gasteiger partial charge >= 0.3 is 29.8 Å². The maximum absolute atomic E-state index is 14.9. The van der Waals surface area contributed by atoms with Gasteiger partial charge in [-0.2, -0.15) is 26.3 Å². The molecule has 1 fully saturated rings. The van der Waals surface area contributed by atoms with Crippen LogP contribution in [-0.4, -0.2) is 71.8 Å². The summed E-state index contributed by atoms with van der Waals surface area (Å²) in [5.74, 6) is -19.4. The number of likely N-dealkylation sites (tertiary alicyclic amines) is 1. The number of esters is 1. The van der Waals surface area contributed by atoms with Gasteiger partial charge in [-0.1, -0.05) is 139 Å². The normalized spacial score (nSPS) is 17.2. The van der Waals surface area contributed by atoms with Crippen molar-refractivity contribution >= 4 is 29.6 Å². The number of alkyl halides is 6. The van der Waals surface area contributed by atoms with Gasteiger partial charge in [0.05, 0.1) is 32.7 Å². The quantitative estimate of drug-likeness (QED) is 0.0843. The van der Waals surface area contributed by atoms with Crippen molar-refractivity contribution in [1.82, 2.24) is 9.80 Å². The number of methoxy groups -OCH3 is 1. The van der Waals surface area contributed by atoms with Crippen molar-refractivity contribution in [3.05, 3.63) is 166 Å². The number of halogens is 7. The predicted octanol–water partition coefficient (Wildman–Crippen LogP) is 9.52. The number of ether oxygens (including phenoxy) is 2. The summed E-state index contributed by atoms with van der Waals surface area (Å²) in [5, 5.41) is 0.166. The fourth-order valence-corrected chi connectivity index (χ4v) is 8.00. The van der Waals surface area contributed by atoms with E-state index in [2.05, 4.69) is 0 Å². The minimum absolute atomic E-state index is 0.145. The Kier molecular flexibility index (Phi) is 10.3. The Hall–Kier alpha value is -5.82. The van der Waals surface area contributed by atoms with Crippen LogP contribution in [0.4, 0.5) is 31.1 Å². The van der Waals surface area contributed by atoms with Crippen molar-refractivity contribution < 1.29 is 50.2 Å². The van der Waals surface area contributed by atoms with Crippen LogP contribution in [0.25, 0.3) is 11.1 Å². The highest BCUT2D eigenvalue weighted by molar-refractivity contribution is 6.31. The van der Waals surface area contributed by atoms with Crippen molar-refractivity contribution in [1.29, 1.82) is 0 Å². The predicted molar refractivity (Wildman–Crippen MR) is 198 cm³/mol. The molecule has 14 heteroatoms. The van der Waals surface area contributed by atoms with Crippen LogP contribution in [0, 0.1) is 0 Å². The lowest BCUT2D eigenvalue weighted by Crippen LogP contribution is -2.69. The van der Waals surface area contributed by atoms with Crippen LogP contribution in [0.2, 0.25) is 5.02 Å². The van der Waals surface area contributed by atoms with Crippen molar-refractivity contribution in [3.63, 3.8) is 0 Å². The number of fused-ring (bicyclic) bond motifs is 3. The first kappa shape index (κ1) is 39.4. The standard InChI is InChI=1S/C43H33ClF6N2O5/c1-56-39(55)52(37-31-20-10-8-18-29(31)30-19-9-11-21-32(30)37)35(38(54)51-25-40(45,46)43(49,50)41(47,48)26-51)24-36(53)57-42(27-14-4-2-5-15-27,28-16-6-3-7-17-28)33-22-12-13-23-34(33)44/h2-23,35,37H,24-26H2,1H3/t35-/m0/s1. The highest BCUT2D eigenvalue weighted by Crippen LogP contribution is 2.51. The first-order valence-corrected chi connectivity index (χ1v) is 18.1. The lowest BCUT2D eigenvalue weighted by atomic mass is 9.80. The molecule has 0 radical (unpaired) electrons. The van der Waals surface area contributed by atoms with Crippen LogP contribution < -0.4 is 0 Å². The zero-order valence-electron chi connectivity index (χ0n) is 30.1. The summed E-state index contributed by atoms with van der Waals surface area (Å²) >= 11 is 6.79. The largest absolute Gasteiger partial charge is 0.453 e. The van der Waals surface area contributed by atoms with Crippen LogP contribution in [-0.2, 0) is 24.7 Å². The van der Waals surface area contributed by atoms with Crippen LogP contribution in [0.5, 0.6) is 0 Å². The summed E-state index contributed by atoms with van der Waals surface area (Å²) in [7, 11) is 0.971. The van der Waals surface area contributed by atoms with E-state index in [9.17, 15) is 40.7 Å². The third-order valence-corrected chi connectivity index (χ3v) is 10.7. The molecule has 1 aliphatic carbocycles. The Morgan fingerprint density at radius 3 is 1.67 bits per heavy atom. The third kappa shape index (κ3) is 6.67. The molecular weight excluding hydrogens is 774 g/mol. The maximum atomic E-state index is 14.9. The molecule has 5 aromatic rings. The Morgan fingerprint density at radius 1 is 0.719 bits per heavy atom. The SMILES string of the molecule is COC(=O)N(C1c2ccccc2-c2ccccc21)[C@@H](CC(=O)OC(c1ccccc1)(c1ccccc1)c1ccccc1Cl)C(=O)N1CC(F)(F)C(F)(F)C(F)(F)C1. The number of hydrogen-bond acceptors (Lipinski definition) is 5. The Morgan fingerprint density at radius 2 is 1.18 bits per heavy atom. The minimum atomic E-state index is -5.81. The monoisotopic (exact) mass is 806 g/mol. The average molecular weight is 807 g/mol. The fourth-order valence-electron chi connectivity index (χ4n) is 7.73. The second-order valence-corrected chi connectivity index (χ2v) is 14.1. The van der Waals surface area contributed by atoms with Crippen LogP contribution >= 0.6 is 11.6 Å². The molecule has 0 spiro atoms. The molecule has 7 rings (SSSR count). The highest BCUT2D eigenvalue weighted by Gasteiger charge is 2.75. The number of hydrogen-bond donors (Lipinski definition) is 0. The van der Waals surface area contributed by atoms with Gasteiger partial charge in [0.1, 0.15) is 6.04 Å². The number of benzene rings is 5. The molecule has 0 unspecified atom stereocenters. The summed E-state index contributed by atoms with van der Waals surface area (Å²) in [6, 6.07) is 33.3. The third-order valence-electron chi connectivity index (χ3n) is 10.3. The Labute approximate surface area is 328 Å². The van der Waals surface area contributed by atoms with E-state index >= 15 is 0 Å². The van der Waals surface area contributed by atoms with E-state index < -0.39 is 72.9 Å². The van der Waals surface area contributed by atoms with E-state index in [0.29, 0.717) is 33.4 Å². The molecule has 0 bridgehead atoms. The van der Waals surface area contributed by atoms with Gasteiger partial charge in [-0.15, -0.1) is 0 Å². The Bertz CT molecular complexity index is 2210. The van der Waals surface area contributed by atoms with E-state index in [1.807, 2.05) is 0 Å². The van der Waals surface area contributed by atoms with E-state index in [-0.39, 0.29) is 15.5 Å². The van der Waals surface area contributed by atoms with E-state index in [0.717, 1.165) is 12.0 Å². The summed E-state index contributed by atoms with van der Waals surface area (Å²) in [6.45, 7) is -4.27. The van der Waals surface area contributed by atoms with Gasteiger partial charge in [0.2, 0.25) is 5.91 Å². The van der Waals surface area contributed by atoms with Crippen molar-refractivity contribution in [2.45, 2.75) is 41.9 Å². The van der Waals surface area contributed by atoms with E-state index in [1.54, 1.807) is 133 Å². The maximum Gasteiger partial charge on any atom is 0.410 e. The molecule has 2 aliphatic rings. The molecule has 57 heavy (non-hydrogen) atoms. The number of carbonyl (C=O) groups excluding carboxylic acids is 3. The van der Waals surface area contributed by atoms with Gasteiger partial charge in [-0.25, -0.2) is 4.79 Å². The van der Waals surface area contributed by atoms with Gasteiger partial charge in [-0.3, -0.25) is 14.5 Å². The summed E-state index contributed by atoms with van der Waals surface area (Å²) in [6.07, 6.45) is -2.38. The molecular formula is C43H33ClF6N2O5. The lowest BCUT2D eigenvalue weighted by Gasteiger charge is -2.45. The molecule has 1 saturated heterocycles. The van der Waals surface area contributed by atoms with E-state index in [4.69, 9.17) is 21.1 Å². The van der Waals surface area contributed by atoms with Crippen molar-refractivity contribution in [3.8, 4) is 11.1 Å². The first-order chi connectivity index (χ1) is 27.1. The summed E-state index contributed by atoms with van der Waals surface area (Å²) in [5.41, 5.74) is 1.29. The molecule has 5 aromatic carbocycles. The van der Waals surface area contributed by atoms with Gasteiger partial charge in [0, 0.05) is 21.7 Å². The molecule has 0 aromatic heterocycles. The van der Waals surface area contributed by atoms with Crippen LogP contribution in [0.15, 0.2) is 133 Å². The molecule has 2 amide bonds. The first-order valence-electron chi connectivity index (χ1n) is 17.7. The second kappa shape index (κ2) is 14.9. The molecule has 294 valence electrons. The lowest BCUT2D eigenvalue weighted by molar-refractivity contribution is -0.335. The summed E-state index contributed by atoms with van der Waals surface area (Å²) in [4.78, 5) is 44.0. The van der Waals surface area contributed by atoms with Gasteiger partial charge in [0.25, 0.3) is 0 Å². The Balaban J connectivity index is 1.40. The van der Waals surface area contributed by atoms with E-state index in [1.165, 1.54) is 0 Å². The highest BCUT2D eigenvalue weighted by atomic mass is 35.5. The molecule has 0 N–H and O–H groups in total. The molecule has 0 saturated carbocycles. The average Bonchev–Trinajstić information content (AvgIpc) is 3.53. The molecule has 1 aliphatic heterocycles. The zero-order valence-corrected chi connectivity index (χ0v) is 30.8. The number of amides is 2. The van der Waals surface area contributed by atoms with Crippen LogP contribution in [0.3, 0.4) is 0 Å². The van der Waals surface area contributed by atoms with Crippen molar-refractivity contribution in [2.24, 2.45) is 0 Å². The number of piperidine rings is 1. The molecule has 1 heterocycles. The minimum Gasteiger partial charge on any atom is -0.453 e.